The molecule has 2 unspecified atom stereocenters. The minimum Gasteiger partial charge on any atom is -0.495 e. The lowest BCUT2D eigenvalue weighted by molar-refractivity contribution is -0.111. The summed E-state index contributed by atoms with van der Waals surface area (Å²) in [5, 5.41) is 19.8. The first-order valence-corrected chi connectivity index (χ1v) is 14.3. The van der Waals surface area contributed by atoms with E-state index in [1.807, 2.05) is 6.07 Å². The van der Waals surface area contributed by atoms with Gasteiger partial charge >= 0.3 is 0 Å². The number of nitrogens with zero attached hydrogens (tertiary/aromatic N) is 4. The number of aliphatic hydroxyl groups is 1. The van der Waals surface area contributed by atoms with Crippen molar-refractivity contribution in [3.8, 4) is 5.75 Å². The molecule has 3 aromatic rings. The van der Waals surface area contributed by atoms with Crippen LogP contribution in [0.25, 0.3) is 0 Å². The van der Waals surface area contributed by atoms with Crippen LogP contribution in [0.4, 0.5) is 37.7 Å². The highest BCUT2D eigenvalue weighted by Crippen LogP contribution is 2.50. The fourth-order valence-electron chi connectivity index (χ4n) is 6.28. The van der Waals surface area contributed by atoms with Gasteiger partial charge in [0.1, 0.15) is 12.1 Å². The molecular formula is C31H37F2N7O3. The van der Waals surface area contributed by atoms with Crippen LogP contribution in [0.15, 0.2) is 43.2 Å². The minimum atomic E-state index is -1.43. The zero-order chi connectivity index (χ0) is 30.9. The smallest absolute Gasteiger partial charge is 0.247 e. The fourth-order valence-corrected chi connectivity index (χ4v) is 6.28. The number of ether oxygens (including phenoxy) is 1. The fraction of sp³-hybridized carbons (Fsp3) is 0.419. The Balaban J connectivity index is 1.47. The van der Waals surface area contributed by atoms with Gasteiger partial charge in [0.2, 0.25) is 17.8 Å². The van der Waals surface area contributed by atoms with Gasteiger partial charge in [0.05, 0.1) is 24.1 Å². The molecule has 5 rings (SSSR count). The molecule has 2 aliphatic rings. The summed E-state index contributed by atoms with van der Waals surface area (Å²) < 4.78 is 34.0. The number of rotatable bonds is 10. The highest BCUT2D eigenvalue weighted by Gasteiger charge is 2.43. The predicted molar refractivity (Wildman–Crippen MR) is 161 cm³/mol. The van der Waals surface area contributed by atoms with Crippen LogP contribution in [0.5, 0.6) is 5.75 Å². The van der Waals surface area contributed by atoms with Crippen LogP contribution in [-0.4, -0.2) is 58.1 Å². The summed E-state index contributed by atoms with van der Waals surface area (Å²) in [7, 11) is 3.71. The lowest BCUT2D eigenvalue weighted by atomic mass is 9.85. The highest BCUT2D eigenvalue weighted by molar-refractivity contribution is 6.00. The largest absolute Gasteiger partial charge is 0.495 e. The van der Waals surface area contributed by atoms with Crippen molar-refractivity contribution in [3.05, 3.63) is 66.0 Å². The number of aromatic nitrogens is 3. The summed E-state index contributed by atoms with van der Waals surface area (Å²) in [6.45, 7) is 8.92. The Kier molecular flexibility index (Phi) is 8.61. The van der Waals surface area contributed by atoms with Gasteiger partial charge < -0.3 is 30.7 Å². The van der Waals surface area contributed by atoms with E-state index in [1.165, 1.54) is 19.3 Å². The number of halogens is 2. The monoisotopic (exact) mass is 593 g/mol. The van der Waals surface area contributed by atoms with Gasteiger partial charge in [0.15, 0.2) is 11.6 Å². The number of nitrogens with one attached hydrogen (secondary N) is 3. The Bertz CT molecular complexity index is 1530. The van der Waals surface area contributed by atoms with E-state index >= 15 is 0 Å². The van der Waals surface area contributed by atoms with Crippen LogP contribution in [-0.2, 0) is 10.4 Å². The predicted octanol–water partition coefficient (Wildman–Crippen LogP) is 5.44. The second-order valence-corrected chi connectivity index (χ2v) is 11.5. The van der Waals surface area contributed by atoms with Crippen LogP contribution < -0.4 is 20.7 Å². The van der Waals surface area contributed by atoms with Crippen molar-refractivity contribution in [2.75, 3.05) is 43.2 Å². The molecule has 0 spiro atoms. The third-order valence-electron chi connectivity index (χ3n) is 8.65. The number of hydrogen-bond acceptors (Lipinski definition) is 9. The number of carbonyl (C=O) groups excluding carboxylic acids is 1. The number of benzene rings is 2. The average molecular weight is 594 g/mol. The minimum absolute atomic E-state index is 0.0368. The number of amides is 1. The van der Waals surface area contributed by atoms with Crippen LogP contribution in [0.3, 0.4) is 0 Å². The van der Waals surface area contributed by atoms with E-state index in [-0.39, 0.29) is 41.4 Å². The van der Waals surface area contributed by atoms with Crippen LogP contribution in [0.1, 0.15) is 50.2 Å². The molecule has 43 heavy (non-hydrogen) atoms. The maximum Gasteiger partial charge on any atom is 0.247 e. The van der Waals surface area contributed by atoms with Crippen molar-refractivity contribution in [2.45, 2.75) is 44.6 Å². The normalized spacial score (nSPS) is 21.1. The summed E-state index contributed by atoms with van der Waals surface area (Å²) >= 11 is 0. The maximum atomic E-state index is 14.2. The SMILES string of the molecule is C=CC(=O)Nc1cc(Nc2ncnc(Nc3cc(F)c(F)cc3C(C)(O)CC)n2)c(OC)cc1C1CC[C@H]2CN(C)C[C@@H]12. The highest BCUT2D eigenvalue weighted by atomic mass is 19.2. The van der Waals surface area contributed by atoms with Crippen molar-refractivity contribution >= 4 is 34.9 Å². The molecule has 228 valence electrons. The molecular weight excluding hydrogens is 556 g/mol. The number of likely N-dealkylation sites (tertiary alicyclic amines) is 1. The molecule has 0 radical (unpaired) electrons. The van der Waals surface area contributed by atoms with E-state index in [4.69, 9.17) is 4.74 Å². The molecule has 1 saturated heterocycles. The molecule has 2 heterocycles. The Morgan fingerprint density at radius 2 is 1.81 bits per heavy atom. The molecule has 10 nitrogen and oxygen atoms in total. The Morgan fingerprint density at radius 3 is 2.49 bits per heavy atom. The molecule has 1 aromatic heterocycles. The number of anilines is 5. The molecule has 2 aromatic carbocycles. The standard InChI is InChI=1S/C31H37F2N7O3/c1-6-28(41)36-24-13-26(27(43-5)10-19(24)18-9-8-17-14-40(4)15-20(17)18)38-30-35-16-34-29(39-30)37-25-12-23(33)22(32)11-21(25)31(3,42)7-2/h6,10-13,16-18,20,42H,1,7-9,14-15H2,2-5H3,(H,36,41)(H2,34,35,37,38,39)/t17-,18?,20+,31?/m0/s1. The zero-order valence-corrected chi connectivity index (χ0v) is 24.7. The molecule has 4 atom stereocenters. The summed E-state index contributed by atoms with van der Waals surface area (Å²) in [5.41, 5.74) is 1.00. The quantitative estimate of drug-likeness (QED) is 0.227. The second-order valence-electron chi connectivity index (χ2n) is 11.5. The molecule has 2 fully saturated rings. The Hall–Kier alpha value is -4.16. The van der Waals surface area contributed by atoms with Gasteiger partial charge in [-0.1, -0.05) is 13.5 Å². The first kappa shape index (κ1) is 30.3. The summed E-state index contributed by atoms with van der Waals surface area (Å²) in [6, 6.07) is 5.67. The van der Waals surface area contributed by atoms with Crippen molar-refractivity contribution in [2.24, 2.45) is 11.8 Å². The molecule has 1 aliphatic carbocycles. The van der Waals surface area contributed by atoms with Gasteiger partial charge in [-0.2, -0.15) is 4.98 Å². The van der Waals surface area contributed by atoms with Crippen molar-refractivity contribution in [1.82, 2.24) is 19.9 Å². The van der Waals surface area contributed by atoms with E-state index in [2.05, 4.69) is 49.4 Å². The van der Waals surface area contributed by atoms with Gasteiger partial charge in [-0.05, 0) is 80.8 Å². The van der Waals surface area contributed by atoms with Crippen molar-refractivity contribution in [1.29, 1.82) is 0 Å². The lowest BCUT2D eigenvalue weighted by Gasteiger charge is -2.25. The lowest BCUT2D eigenvalue weighted by Crippen LogP contribution is -2.22. The maximum absolute atomic E-state index is 14.2. The summed E-state index contributed by atoms with van der Waals surface area (Å²) in [5.74, 6) is -0.405. The Morgan fingerprint density at radius 1 is 1.12 bits per heavy atom. The van der Waals surface area contributed by atoms with E-state index in [0.29, 0.717) is 29.0 Å². The zero-order valence-electron chi connectivity index (χ0n) is 24.7. The third-order valence-corrected chi connectivity index (χ3v) is 8.65. The van der Waals surface area contributed by atoms with Crippen molar-refractivity contribution in [3.63, 3.8) is 0 Å². The van der Waals surface area contributed by atoms with Gasteiger partial charge in [0.25, 0.3) is 0 Å². The molecule has 1 saturated carbocycles. The van der Waals surface area contributed by atoms with E-state index in [1.54, 1.807) is 20.1 Å². The second kappa shape index (κ2) is 12.2. The number of hydrogen-bond donors (Lipinski definition) is 4. The topological polar surface area (TPSA) is 125 Å². The van der Waals surface area contributed by atoms with Crippen LogP contribution in [0.2, 0.25) is 0 Å². The summed E-state index contributed by atoms with van der Waals surface area (Å²) in [6.07, 6.45) is 4.90. The van der Waals surface area contributed by atoms with Gasteiger partial charge in [-0.3, -0.25) is 4.79 Å². The molecule has 4 N–H and O–H groups in total. The van der Waals surface area contributed by atoms with Gasteiger partial charge in [0, 0.05) is 30.4 Å². The molecule has 1 amide bonds. The van der Waals surface area contributed by atoms with E-state index in [0.717, 1.165) is 43.6 Å². The molecule has 1 aliphatic heterocycles. The van der Waals surface area contributed by atoms with Gasteiger partial charge in [-0.15, -0.1) is 0 Å². The average Bonchev–Trinajstić information content (AvgIpc) is 3.54. The summed E-state index contributed by atoms with van der Waals surface area (Å²) in [4.78, 5) is 27.5. The van der Waals surface area contributed by atoms with Crippen LogP contribution >= 0.6 is 0 Å². The first-order chi connectivity index (χ1) is 20.5. The van der Waals surface area contributed by atoms with Crippen LogP contribution in [0, 0.1) is 23.5 Å². The third kappa shape index (κ3) is 6.30. The molecule has 12 heteroatoms. The number of carbonyl (C=O) groups is 1. The first-order valence-electron chi connectivity index (χ1n) is 14.3. The Labute approximate surface area is 249 Å². The number of methoxy groups -OCH3 is 1. The van der Waals surface area contributed by atoms with Crippen molar-refractivity contribution < 1.29 is 23.4 Å². The molecule has 0 bridgehead atoms. The number of fused-ring (bicyclic) bond motifs is 1. The van der Waals surface area contributed by atoms with E-state index < -0.39 is 17.2 Å². The van der Waals surface area contributed by atoms with Gasteiger partial charge in [-0.25, -0.2) is 18.7 Å². The van der Waals surface area contributed by atoms with E-state index in [9.17, 15) is 18.7 Å².